The normalized spacial score (nSPS) is 17.1. The molecule has 2 aliphatic rings. The lowest BCUT2D eigenvalue weighted by molar-refractivity contribution is -0.137. The van der Waals surface area contributed by atoms with Crippen LogP contribution in [0.25, 0.3) is 0 Å². The van der Waals surface area contributed by atoms with E-state index in [1.807, 2.05) is 11.0 Å². The van der Waals surface area contributed by atoms with Crippen molar-refractivity contribution in [2.45, 2.75) is 64.7 Å². The molecule has 1 aliphatic heterocycles. The molecule has 2 amide bonds. The van der Waals surface area contributed by atoms with Crippen LogP contribution >= 0.6 is 0 Å². The number of carbonyl (C=O) groups excluding carboxylic acids is 2. The van der Waals surface area contributed by atoms with E-state index < -0.39 is 23.5 Å². The molecular formula is C33H39F3N8O3. The predicted molar refractivity (Wildman–Crippen MR) is 173 cm³/mol. The average Bonchev–Trinajstić information content (AvgIpc) is 3.00. The van der Waals surface area contributed by atoms with Crippen molar-refractivity contribution in [3.63, 3.8) is 0 Å². The number of piperazine rings is 1. The number of nitrogens with one attached hydrogen (secondary N) is 3. The number of aryl methyl sites for hydroxylation is 1. The zero-order chi connectivity index (χ0) is 33.9. The van der Waals surface area contributed by atoms with Gasteiger partial charge >= 0.3 is 6.18 Å². The topological polar surface area (TPSA) is 125 Å². The maximum atomic E-state index is 14.3. The molecule has 3 aromatic rings. The van der Waals surface area contributed by atoms with Gasteiger partial charge in [-0.2, -0.15) is 18.2 Å². The standard InChI is InChI=1S/C33H39F3N8O3/c1-6-27(46)41-30-25(11-10-23(29(30)22-8-7-9-22)18-43-12-13-44(21(4)45)17-20(43)3)39-31-24(33(34,35)36)16-38-32(42-31)40-26-14-28(47-5)37-15-19(26)2/h6,10-11,14-16,20,22H,1,7-9,12-13,17-18H2,2-5H3,(H,41,46)(H2,37,38,39,40,42)/t20-/m0/s1. The second-order valence-electron chi connectivity index (χ2n) is 11.9. The average molecular weight is 653 g/mol. The summed E-state index contributed by atoms with van der Waals surface area (Å²) in [6, 6.07) is 5.25. The van der Waals surface area contributed by atoms with Gasteiger partial charge in [-0.3, -0.25) is 14.5 Å². The molecule has 0 unspecified atom stereocenters. The zero-order valence-corrected chi connectivity index (χ0v) is 26.9. The Morgan fingerprint density at radius 1 is 1.13 bits per heavy atom. The van der Waals surface area contributed by atoms with Gasteiger partial charge in [0.05, 0.1) is 24.2 Å². The molecule has 1 saturated carbocycles. The molecular weight excluding hydrogens is 613 g/mol. The number of anilines is 5. The third-order valence-corrected chi connectivity index (χ3v) is 8.75. The van der Waals surface area contributed by atoms with Gasteiger partial charge in [-0.05, 0) is 61.4 Å². The number of benzene rings is 1. The van der Waals surface area contributed by atoms with E-state index in [4.69, 9.17) is 4.74 Å². The smallest absolute Gasteiger partial charge is 0.421 e. The zero-order valence-electron chi connectivity index (χ0n) is 26.9. The maximum Gasteiger partial charge on any atom is 0.421 e. The first kappa shape index (κ1) is 33.6. The Morgan fingerprint density at radius 3 is 2.51 bits per heavy atom. The van der Waals surface area contributed by atoms with E-state index in [1.165, 1.54) is 7.11 Å². The van der Waals surface area contributed by atoms with E-state index in [2.05, 4.69) is 49.3 Å². The second kappa shape index (κ2) is 14.0. The van der Waals surface area contributed by atoms with Crippen LogP contribution in [0, 0.1) is 6.92 Å². The summed E-state index contributed by atoms with van der Waals surface area (Å²) in [5.41, 5.74) is 2.64. The minimum absolute atomic E-state index is 0.0356. The molecule has 3 heterocycles. The molecule has 1 atom stereocenters. The van der Waals surface area contributed by atoms with Gasteiger partial charge in [0, 0.05) is 57.6 Å². The summed E-state index contributed by atoms with van der Waals surface area (Å²) in [5, 5.41) is 8.74. The lowest BCUT2D eigenvalue weighted by Crippen LogP contribution is -2.52. The predicted octanol–water partition coefficient (Wildman–Crippen LogP) is 6.14. The number of hydrogen-bond donors (Lipinski definition) is 3. The van der Waals surface area contributed by atoms with Crippen LogP contribution < -0.4 is 20.7 Å². The van der Waals surface area contributed by atoms with Crippen molar-refractivity contribution >= 4 is 40.6 Å². The van der Waals surface area contributed by atoms with Crippen molar-refractivity contribution in [2.75, 3.05) is 42.7 Å². The first-order valence-electron chi connectivity index (χ1n) is 15.5. The minimum atomic E-state index is -4.77. The minimum Gasteiger partial charge on any atom is -0.481 e. The van der Waals surface area contributed by atoms with E-state index in [1.54, 1.807) is 32.2 Å². The third-order valence-electron chi connectivity index (χ3n) is 8.75. The summed E-state index contributed by atoms with van der Waals surface area (Å²) in [7, 11) is 1.46. The number of ether oxygens (including phenoxy) is 1. The highest BCUT2D eigenvalue weighted by Crippen LogP contribution is 2.46. The van der Waals surface area contributed by atoms with Gasteiger partial charge < -0.3 is 25.6 Å². The van der Waals surface area contributed by atoms with Crippen LogP contribution in [0.5, 0.6) is 5.88 Å². The molecule has 0 spiro atoms. The first-order chi connectivity index (χ1) is 22.4. The Morgan fingerprint density at radius 2 is 1.89 bits per heavy atom. The first-order valence-corrected chi connectivity index (χ1v) is 15.5. The van der Waals surface area contributed by atoms with Gasteiger partial charge in [-0.25, -0.2) is 9.97 Å². The summed E-state index contributed by atoms with van der Waals surface area (Å²) >= 11 is 0. The van der Waals surface area contributed by atoms with Crippen LogP contribution in [0.15, 0.2) is 43.2 Å². The van der Waals surface area contributed by atoms with Gasteiger partial charge in [0.1, 0.15) is 11.4 Å². The van der Waals surface area contributed by atoms with Crippen LogP contribution in [0.1, 0.15) is 61.3 Å². The van der Waals surface area contributed by atoms with E-state index in [0.717, 1.165) is 42.7 Å². The Labute approximate surface area is 271 Å². The molecule has 5 rings (SSSR count). The lowest BCUT2D eigenvalue weighted by atomic mass is 9.77. The number of amides is 2. The summed E-state index contributed by atoms with van der Waals surface area (Å²) in [6.45, 7) is 11.4. The molecule has 3 N–H and O–H groups in total. The number of aromatic nitrogens is 3. The van der Waals surface area contributed by atoms with E-state index in [0.29, 0.717) is 49.0 Å². The number of nitrogens with zero attached hydrogens (tertiary/aromatic N) is 5. The Bertz CT molecular complexity index is 1660. The van der Waals surface area contributed by atoms with Gasteiger partial charge in [-0.1, -0.05) is 19.1 Å². The molecule has 14 heteroatoms. The number of pyridine rings is 1. The summed E-state index contributed by atoms with van der Waals surface area (Å²) < 4.78 is 48.0. The monoisotopic (exact) mass is 652 g/mol. The summed E-state index contributed by atoms with van der Waals surface area (Å²) in [6.07, 6.45) is 1.40. The molecule has 2 fully saturated rings. The fourth-order valence-electron chi connectivity index (χ4n) is 5.86. The SMILES string of the molecule is C=CC(=O)Nc1c(Nc2nc(Nc3cc(OC)ncc3C)ncc2C(F)(F)F)ccc(CN2CCN(C(C)=O)C[C@@H]2C)c1C1CCC1. The fourth-order valence-corrected chi connectivity index (χ4v) is 5.86. The largest absolute Gasteiger partial charge is 0.481 e. The van der Waals surface area contributed by atoms with Crippen LogP contribution in [-0.2, 0) is 22.3 Å². The van der Waals surface area contributed by atoms with Crippen molar-refractivity contribution in [3.05, 3.63) is 65.5 Å². The van der Waals surface area contributed by atoms with Crippen molar-refractivity contribution in [2.24, 2.45) is 0 Å². The van der Waals surface area contributed by atoms with Crippen LogP contribution in [0.2, 0.25) is 0 Å². The Balaban J connectivity index is 1.55. The molecule has 0 radical (unpaired) electrons. The third kappa shape index (κ3) is 7.64. The molecule has 47 heavy (non-hydrogen) atoms. The molecule has 1 aliphatic carbocycles. The summed E-state index contributed by atoms with van der Waals surface area (Å²) in [5.74, 6) is -0.599. The fraction of sp³-hybridized carbons (Fsp3) is 0.424. The van der Waals surface area contributed by atoms with Gasteiger partial charge in [0.2, 0.25) is 23.6 Å². The van der Waals surface area contributed by atoms with Crippen molar-refractivity contribution < 1.29 is 27.5 Å². The van der Waals surface area contributed by atoms with Gasteiger partial charge in [-0.15, -0.1) is 0 Å². The van der Waals surface area contributed by atoms with Crippen LogP contribution in [0.4, 0.5) is 42.0 Å². The number of carbonyl (C=O) groups is 2. The quantitative estimate of drug-likeness (QED) is 0.222. The number of methoxy groups -OCH3 is 1. The molecule has 0 bridgehead atoms. The Kier molecular flexibility index (Phi) is 9.99. The highest BCUT2D eigenvalue weighted by atomic mass is 19.4. The molecule has 250 valence electrons. The molecule has 1 aromatic carbocycles. The number of rotatable bonds is 10. The van der Waals surface area contributed by atoms with Crippen molar-refractivity contribution in [1.29, 1.82) is 0 Å². The number of alkyl halides is 3. The number of halogens is 3. The van der Waals surface area contributed by atoms with E-state index >= 15 is 0 Å². The Hall–Kier alpha value is -4.72. The van der Waals surface area contributed by atoms with Crippen LogP contribution in [-0.4, -0.2) is 69.4 Å². The highest BCUT2D eigenvalue weighted by molar-refractivity contribution is 6.02. The maximum absolute atomic E-state index is 14.3. The molecule has 1 saturated heterocycles. The van der Waals surface area contributed by atoms with Gasteiger partial charge in [0.15, 0.2) is 0 Å². The van der Waals surface area contributed by atoms with E-state index in [9.17, 15) is 22.8 Å². The number of hydrogen-bond acceptors (Lipinski definition) is 9. The summed E-state index contributed by atoms with van der Waals surface area (Å²) in [4.78, 5) is 41.1. The second-order valence-corrected chi connectivity index (χ2v) is 11.9. The molecule has 11 nitrogen and oxygen atoms in total. The van der Waals surface area contributed by atoms with Gasteiger partial charge in [0.25, 0.3) is 0 Å². The highest BCUT2D eigenvalue weighted by Gasteiger charge is 2.36. The van der Waals surface area contributed by atoms with Crippen molar-refractivity contribution in [3.8, 4) is 5.88 Å². The van der Waals surface area contributed by atoms with E-state index in [-0.39, 0.29) is 29.5 Å². The lowest BCUT2D eigenvalue weighted by Gasteiger charge is -2.40. The molecule has 2 aromatic heterocycles. The van der Waals surface area contributed by atoms with Crippen molar-refractivity contribution in [1.82, 2.24) is 24.8 Å². The van der Waals surface area contributed by atoms with Crippen LogP contribution in [0.3, 0.4) is 0 Å².